The summed E-state index contributed by atoms with van der Waals surface area (Å²) in [6.07, 6.45) is 0.792. The average molecular weight is 557 g/mol. The Morgan fingerprint density at radius 3 is 2.46 bits per heavy atom. The van der Waals surface area contributed by atoms with Crippen molar-refractivity contribution in [3.8, 4) is 5.69 Å². The van der Waals surface area contributed by atoms with Crippen LogP contribution in [0.15, 0.2) is 94.9 Å². The first kappa shape index (κ1) is 25.5. The first-order valence-electron chi connectivity index (χ1n) is 12.6. The molecule has 1 aliphatic rings. The lowest BCUT2D eigenvalue weighted by Gasteiger charge is -2.26. The number of anilines is 1. The Morgan fingerprint density at radius 1 is 1.00 bits per heavy atom. The van der Waals surface area contributed by atoms with Gasteiger partial charge in [0.05, 0.1) is 16.8 Å². The monoisotopic (exact) mass is 556 g/mol. The summed E-state index contributed by atoms with van der Waals surface area (Å²) in [7, 11) is 0. The minimum absolute atomic E-state index is 0.0537. The van der Waals surface area contributed by atoms with Crippen LogP contribution < -0.4 is 10.9 Å². The van der Waals surface area contributed by atoms with Crippen molar-refractivity contribution in [1.82, 2.24) is 14.5 Å². The van der Waals surface area contributed by atoms with Crippen molar-refractivity contribution in [2.75, 3.05) is 17.6 Å². The minimum Gasteiger partial charge on any atom is -0.325 e. The van der Waals surface area contributed by atoms with Crippen LogP contribution in [0, 0.1) is 5.82 Å². The van der Waals surface area contributed by atoms with Crippen LogP contribution in [0.1, 0.15) is 16.0 Å². The molecule has 2 aromatic heterocycles. The van der Waals surface area contributed by atoms with Crippen molar-refractivity contribution < 1.29 is 9.18 Å². The van der Waals surface area contributed by atoms with Gasteiger partial charge >= 0.3 is 0 Å². The van der Waals surface area contributed by atoms with Gasteiger partial charge in [0.25, 0.3) is 5.56 Å². The van der Waals surface area contributed by atoms with E-state index in [1.165, 1.54) is 46.5 Å². The third kappa shape index (κ3) is 5.52. The number of nitrogens with one attached hydrogen (secondary N) is 1. The average Bonchev–Trinajstić information content (AvgIpc) is 3.32. The van der Waals surface area contributed by atoms with Gasteiger partial charge in [-0.25, -0.2) is 9.37 Å². The molecule has 39 heavy (non-hydrogen) atoms. The largest absolute Gasteiger partial charge is 0.325 e. The highest BCUT2D eigenvalue weighted by Gasteiger charge is 2.26. The Bertz CT molecular complexity index is 1690. The number of hydrogen-bond acceptors (Lipinski definition) is 6. The molecule has 0 fully saturated rings. The van der Waals surface area contributed by atoms with Crippen molar-refractivity contribution >= 4 is 44.9 Å². The molecule has 3 aromatic carbocycles. The molecular weight excluding hydrogens is 531 g/mol. The number of thiophene rings is 1. The molecule has 3 heterocycles. The van der Waals surface area contributed by atoms with E-state index < -0.39 is 0 Å². The van der Waals surface area contributed by atoms with Gasteiger partial charge in [-0.2, -0.15) is 0 Å². The standard InChI is InChI=1S/C30H25FN4O2S2/c31-21-11-13-22(14-12-21)32-26(36)19-38-30-33-28-27(29(37)35(30)23-9-5-2-6-10-23)24-15-16-34(18-25(24)39-28)17-20-7-3-1-4-8-20/h1-14H,15-19H2,(H,32,36). The summed E-state index contributed by atoms with van der Waals surface area (Å²) >= 11 is 2.78. The van der Waals surface area contributed by atoms with Crippen molar-refractivity contribution in [2.24, 2.45) is 0 Å². The quantitative estimate of drug-likeness (QED) is 0.201. The Morgan fingerprint density at radius 2 is 1.72 bits per heavy atom. The van der Waals surface area contributed by atoms with Gasteiger partial charge in [0.15, 0.2) is 5.16 Å². The smallest absolute Gasteiger partial charge is 0.267 e. The van der Waals surface area contributed by atoms with Gasteiger partial charge in [-0.1, -0.05) is 60.3 Å². The zero-order chi connectivity index (χ0) is 26.8. The predicted molar refractivity (Wildman–Crippen MR) is 155 cm³/mol. The maximum absolute atomic E-state index is 14.0. The fourth-order valence-electron chi connectivity index (χ4n) is 4.82. The summed E-state index contributed by atoms with van der Waals surface area (Å²) in [5.41, 5.74) is 3.47. The van der Waals surface area contributed by atoms with Gasteiger partial charge in [0.2, 0.25) is 5.91 Å². The Hall–Kier alpha value is -3.79. The third-order valence-corrected chi connectivity index (χ3v) is 8.70. The Balaban J connectivity index is 1.31. The van der Waals surface area contributed by atoms with E-state index in [1.807, 2.05) is 36.4 Å². The van der Waals surface area contributed by atoms with Crippen molar-refractivity contribution in [2.45, 2.75) is 24.7 Å². The number of carbonyl (C=O) groups is 1. The van der Waals surface area contributed by atoms with Crippen LogP contribution >= 0.6 is 23.1 Å². The molecule has 5 aromatic rings. The van der Waals surface area contributed by atoms with Crippen LogP contribution in [-0.4, -0.2) is 32.7 Å². The molecule has 196 valence electrons. The molecular formula is C30H25FN4O2S2. The number of benzene rings is 3. The number of nitrogens with zero attached hydrogens (tertiary/aromatic N) is 3. The summed E-state index contributed by atoms with van der Waals surface area (Å²) in [4.78, 5) is 35.9. The fourth-order valence-corrected chi connectivity index (χ4v) is 6.93. The normalized spacial score (nSPS) is 13.4. The van der Waals surface area contributed by atoms with Crippen LogP contribution in [0.2, 0.25) is 0 Å². The van der Waals surface area contributed by atoms with Gasteiger partial charge in [-0.05, 0) is 53.9 Å². The maximum Gasteiger partial charge on any atom is 0.267 e. The van der Waals surface area contributed by atoms with Crippen LogP contribution in [-0.2, 0) is 24.3 Å². The predicted octanol–water partition coefficient (Wildman–Crippen LogP) is 5.88. The minimum atomic E-state index is -0.367. The second-order valence-electron chi connectivity index (χ2n) is 9.34. The SMILES string of the molecule is O=C(CSc1nc2sc3c(c2c(=O)n1-c1ccccc1)CCN(Cc1ccccc1)C3)Nc1ccc(F)cc1. The number of amides is 1. The van der Waals surface area contributed by atoms with Crippen molar-refractivity contribution in [3.05, 3.63) is 117 Å². The zero-order valence-electron chi connectivity index (χ0n) is 21.0. The van der Waals surface area contributed by atoms with Crippen LogP contribution in [0.3, 0.4) is 0 Å². The van der Waals surface area contributed by atoms with Crippen LogP contribution in [0.5, 0.6) is 0 Å². The molecule has 9 heteroatoms. The molecule has 0 spiro atoms. The van der Waals surface area contributed by atoms with Crippen molar-refractivity contribution in [3.63, 3.8) is 0 Å². The van der Waals surface area contributed by atoms with Gasteiger partial charge in [0.1, 0.15) is 10.6 Å². The molecule has 0 bridgehead atoms. The third-order valence-electron chi connectivity index (χ3n) is 6.65. The maximum atomic E-state index is 14.0. The van der Waals surface area contributed by atoms with E-state index in [2.05, 4.69) is 34.5 Å². The molecule has 1 N–H and O–H groups in total. The molecule has 0 radical (unpaired) electrons. The summed E-state index contributed by atoms with van der Waals surface area (Å²) in [6.45, 7) is 2.51. The lowest BCUT2D eigenvalue weighted by molar-refractivity contribution is -0.113. The van der Waals surface area contributed by atoms with E-state index in [0.717, 1.165) is 31.6 Å². The van der Waals surface area contributed by atoms with Crippen molar-refractivity contribution in [1.29, 1.82) is 0 Å². The number of thioether (sulfide) groups is 1. The van der Waals surface area contributed by atoms with E-state index >= 15 is 0 Å². The highest BCUT2D eigenvalue weighted by atomic mass is 32.2. The Labute approximate surface area is 233 Å². The summed E-state index contributed by atoms with van der Waals surface area (Å²) < 4.78 is 14.8. The molecule has 6 rings (SSSR count). The lowest BCUT2D eigenvalue weighted by Crippen LogP contribution is -2.30. The number of fused-ring (bicyclic) bond motifs is 3. The molecule has 0 saturated carbocycles. The highest BCUT2D eigenvalue weighted by Crippen LogP contribution is 2.34. The number of para-hydroxylation sites is 1. The van der Waals surface area contributed by atoms with E-state index in [4.69, 9.17) is 4.98 Å². The van der Waals surface area contributed by atoms with Gasteiger partial charge in [-0.3, -0.25) is 19.1 Å². The van der Waals surface area contributed by atoms with E-state index in [9.17, 15) is 14.0 Å². The topological polar surface area (TPSA) is 67.2 Å². The molecule has 0 saturated heterocycles. The molecule has 1 amide bonds. The second-order valence-corrected chi connectivity index (χ2v) is 11.4. The number of halogens is 1. The first-order valence-corrected chi connectivity index (χ1v) is 14.4. The molecule has 6 nitrogen and oxygen atoms in total. The van der Waals surface area contributed by atoms with Crippen LogP contribution in [0.25, 0.3) is 15.9 Å². The lowest BCUT2D eigenvalue weighted by atomic mass is 10.0. The van der Waals surface area contributed by atoms with Crippen LogP contribution in [0.4, 0.5) is 10.1 Å². The summed E-state index contributed by atoms with van der Waals surface area (Å²) in [5.74, 6) is -0.575. The number of carbonyl (C=O) groups excluding carboxylic acids is 1. The Kier molecular flexibility index (Phi) is 7.28. The zero-order valence-corrected chi connectivity index (χ0v) is 22.6. The molecule has 0 aliphatic carbocycles. The molecule has 0 atom stereocenters. The number of hydrogen-bond donors (Lipinski definition) is 1. The van der Waals surface area contributed by atoms with E-state index in [1.54, 1.807) is 15.9 Å². The highest BCUT2D eigenvalue weighted by molar-refractivity contribution is 7.99. The van der Waals surface area contributed by atoms with E-state index in [0.29, 0.717) is 26.7 Å². The van der Waals surface area contributed by atoms with Gasteiger partial charge in [0, 0.05) is 30.2 Å². The number of rotatable bonds is 7. The number of aromatic nitrogens is 2. The molecule has 1 aliphatic heterocycles. The molecule has 0 unspecified atom stereocenters. The van der Waals surface area contributed by atoms with Gasteiger partial charge in [-0.15, -0.1) is 11.3 Å². The van der Waals surface area contributed by atoms with Gasteiger partial charge < -0.3 is 5.32 Å². The first-order chi connectivity index (χ1) is 19.0. The van der Waals surface area contributed by atoms with E-state index in [-0.39, 0.29) is 23.0 Å². The summed E-state index contributed by atoms with van der Waals surface area (Å²) in [5, 5.41) is 3.91. The second kappa shape index (κ2) is 11.1. The summed E-state index contributed by atoms with van der Waals surface area (Å²) in [6, 6.07) is 25.4. The fraction of sp³-hybridized carbons (Fsp3) is 0.167.